The van der Waals surface area contributed by atoms with E-state index in [4.69, 9.17) is 16.4 Å². The highest BCUT2D eigenvalue weighted by Gasteiger charge is 2.43. The second-order valence-electron chi connectivity index (χ2n) is 5.81. The first-order chi connectivity index (χ1) is 9.51. The van der Waals surface area contributed by atoms with E-state index in [2.05, 4.69) is 15.0 Å². The number of rotatable bonds is 4. The predicted octanol–water partition coefficient (Wildman–Crippen LogP) is 3.43. The van der Waals surface area contributed by atoms with Gasteiger partial charge >= 0.3 is 11.7 Å². The number of hydrogen-bond acceptors (Lipinski definition) is 4. The number of halogens is 3. The van der Waals surface area contributed by atoms with Crippen LogP contribution in [0.1, 0.15) is 45.3 Å². The Kier molecular flexibility index (Phi) is 4.62. The number of nitriles is 1. The van der Waals surface area contributed by atoms with Crippen molar-refractivity contribution in [2.75, 3.05) is 0 Å². The molecule has 1 atom stereocenters. The molecule has 0 radical (unpaired) electrons. The van der Waals surface area contributed by atoms with E-state index in [9.17, 15) is 13.2 Å². The Bertz CT molecular complexity index is 558. The first kappa shape index (κ1) is 17.0. The van der Waals surface area contributed by atoms with Crippen LogP contribution in [-0.2, 0) is 11.8 Å². The van der Waals surface area contributed by atoms with Crippen LogP contribution in [0.25, 0.3) is 4.85 Å². The summed E-state index contributed by atoms with van der Waals surface area (Å²) in [7, 11) is 0. The van der Waals surface area contributed by atoms with E-state index in [1.807, 2.05) is 20.8 Å². The third kappa shape index (κ3) is 4.75. The molecule has 1 aromatic heterocycles. The highest BCUT2D eigenvalue weighted by molar-refractivity contribution is 5.19. The predicted molar refractivity (Wildman–Crippen MR) is 66.9 cm³/mol. The van der Waals surface area contributed by atoms with Crippen LogP contribution in [-0.4, -0.2) is 21.9 Å². The Hall–Kier alpha value is -2.09. The largest absolute Gasteiger partial charge is 0.389 e. The van der Waals surface area contributed by atoms with Gasteiger partial charge in [0, 0.05) is 11.8 Å². The van der Waals surface area contributed by atoms with Crippen molar-refractivity contribution in [1.82, 2.24) is 10.1 Å². The molecule has 0 N–H and O–H groups in total. The molecule has 1 rings (SSSR count). The van der Waals surface area contributed by atoms with Crippen LogP contribution in [0.2, 0.25) is 0 Å². The summed E-state index contributed by atoms with van der Waals surface area (Å²) in [6, 6.07) is 1.66. The Labute approximate surface area is 120 Å². The maximum Gasteiger partial charge on any atom is 0.389 e. The van der Waals surface area contributed by atoms with Crippen molar-refractivity contribution < 1.29 is 17.7 Å². The van der Waals surface area contributed by atoms with Gasteiger partial charge in [0.2, 0.25) is 5.89 Å². The maximum atomic E-state index is 12.3. The van der Waals surface area contributed by atoms with Crippen LogP contribution >= 0.6 is 0 Å². The van der Waals surface area contributed by atoms with E-state index in [-0.39, 0.29) is 12.2 Å². The molecular formula is C13H15F3N4O. The van der Waals surface area contributed by atoms with Crippen molar-refractivity contribution >= 4 is 0 Å². The smallest absolute Gasteiger partial charge is 0.339 e. The average molecular weight is 300 g/mol. The summed E-state index contributed by atoms with van der Waals surface area (Å²) in [5, 5.41) is 12.7. The second-order valence-corrected chi connectivity index (χ2v) is 5.81. The molecule has 0 aliphatic rings. The van der Waals surface area contributed by atoms with Crippen LogP contribution in [0.3, 0.4) is 0 Å². The molecule has 0 amide bonds. The number of aromatic nitrogens is 2. The molecule has 0 bridgehead atoms. The fourth-order valence-corrected chi connectivity index (χ4v) is 1.54. The normalized spacial score (nSPS) is 15.0. The van der Waals surface area contributed by atoms with Crippen molar-refractivity contribution in [3.63, 3.8) is 0 Å². The van der Waals surface area contributed by atoms with Gasteiger partial charge in [-0.05, 0) is 0 Å². The van der Waals surface area contributed by atoms with Crippen LogP contribution in [0.4, 0.5) is 13.2 Å². The molecule has 5 nitrogen and oxygen atoms in total. The zero-order valence-electron chi connectivity index (χ0n) is 12.0. The third-order valence-electron chi connectivity index (χ3n) is 2.80. The highest BCUT2D eigenvalue weighted by atomic mass is 19.4. The first-order valence-corrected chi connectivity index (χ1v) is 6.21. The quantitative estimate of drug-likeness (QED) is 0.799. The first-order valence-electron chi connectivity index (χ1n) is 6.21. The van der Waals surface area contributed by atoms with Gasteiger partial charge in [-0.1, -0.05) is 25.9 Å². The second kappa shape index (κ2) is 5.72. The molecule has 1 unspecified atom stereocenters. The van der Waals surface area contributed by atoms with E-state index in [1.165, 1.54) is 0 Å². The standard InChI is InChI=1S/C13H15F3N4O/c1-11(2,3)10-19-9(20-21-10)7-12(8-17,18-4)5-6-13(14,15)16/h5-7H2,1-3H3. The summed E-state index contributed by atoms with van der Waals surface area (Å²) in [6.45, 7) is 12.5. The summed E-state index contributed by atoms with van der Waals surface area (Å²) in [6.07, 6.45) is -6.52. The van der Waals surface area contributed by atoms with Gasteiger partial charge in [0.1, 0.15) is 6.42 Å². The topological polar surface area (TPSA) is 67.1 Å². The van der Waals surface area contributed by atoms with Gasteiger partial charge < -0.3 is 4.52 Å². The summed E-state index contributed by atoms with van der Waals surface area (Å²) in [4.78, 5) is 7.13. The molecule has 0 aromatic carbocycles. The lowest BCUT2D eigenvalue weighted by Crippen LogP contribution is -2.28. The van der Waals surface area contributed by atoms with Crippen molar-refractivity contribution in [3.8, 4) is 6.07 Å². The number of nitrogens with zero attached hydrogens (tertiary/aromatic N) is 4. The fourth-order valence-electron chi connectivity index (χ4n) is 1.54. The van der Waals surface area contributed by atoms with Crippen molar-refractivity contribution in [2.45, 2.75) is 57.2 Å². The highest BCUT2D eigenvalue weighted by Crippen LogP contribution is 2.30. The summed E-state index contributed by atoms with van der Waals surface area (Å²) in [5.41, 5.74) is -2.24. The van der Waals surface area contributed by atoms with Gasteiger partial charge in [0.15, 0.2) is 11.9 Å². The van der Waals surface area contributed by atoms with E-state index in [0.29, 0.717) is 5.89 Å². The van der Waals surface area contributed by atoms with E-state index in [0.717, 1.165) is 0 Å². The van der Waals surface area contributed by atoms with Crippen LogP contribution in [0, 0.1) is 17.9 Å². The van der Waals surface area contributed by atoms with E-state index < -0.39 is 30.0 Å². The van der Waals surface area contributed by atoms with Gasteiger partial charge in [-0.2, -0.15) is 23.4 Å². The monoisotopic (exact) mass is 300 g/mol. The van der Waals surface area contributed by atoms with Gasteiger partial charge in [-0.25, -0.2) is 6.57 Å². The summed E-state index contributed by atoms with van der Waals surface area (Å²) in [5.74, 6) is 0.379. The SMILES string of the molecule is [C-]#[N+]C(C#N)(CCC(F)(F)F)Cc1noc(C(C)(C)C)n1. The molecule has 114 valence electrons. The number of alkyl halides is 3. The van der Waals surface area contributed by atoms with Crippen molar-refractivity contribution in [2.24, 2.45) is 0 Å². The molecule has 0 aliphatic carbocycles. The molecule has 0 saturated heterocycles. The third-order valence-corrected chi connectivity index (χ3v) is 2.80. The summed E-state index contributed by atoms with van der Waals surface area (Å²) < 4.78 is 41.9. The molecular weight excluding hydrogens is 285 g/mol. The minimum atomic E-state index is -4.42. The Morgan fingerprint density at radius 2 is 1.90 bits per heavy atom. The molecule has 1 aromatic rings. The van der Waals surface area contributed by atoms with Crippen LogP contribution in [0.15, 0.2) is 4.52 Å². The molecule has 8 heteroatoms. The molecule has 0 fully saturated rings. The van der Waals surface area contributed by atoms with E-state index >= 15 is 0 Å². The summed E-state index contributed by atoms with van der Waals surface area (Å²) >= 11 is 0. The maximum absolute atomic E-state index is 12.3. The van der Waals surface area contributed by atoms with Crippen LogP contribution in [0.5, 0.6) is 0 Å². The fraction of sp³-hybridized carbons (Fsp3) is 0.692. The lowest BCUT2D eigenvalue weighted by atomic mass is 9.91. The van der Waals surface area contributed by atoms with Gasteiger partial charge in [0.05, 0.1) is 6.42 Å². The number of hydrogen-bond donors (Lipinski definition) is 0. The zero-order chi connectivity index (χ0) is 16.3. The zero-order valence-corrected chi connectivity index (χ0v) is 12.0. The molecule has 21 heavy (non-hydrogen) atoms. The Balaban J connectivity index is 2.92. The van der Waals surface area contributed by atoms with Crippen LogP contribution < -0.4 is 0 Å². The minimum absolute atomic E-state index is 0.0691. The molecule has 0 aliphatic heterocycles. The minimum Gasteiger partial charge on any atom is -0.339 e. The van der Waals surface area contributed by atoms with Gasteiger partial charge in [-0.3, -0.25) is 4.85 Å². The Morgan fingerprint density at radius 3 is 2.29 bits per heavy atom. The molecule has 0 saturated carbocycles. The van der Waals surface area contributed by atoms with Crippen molar-refractivity contribution in [3.05, 3.63) is 23.1 Å². The lowest BCUT2D eigenvalue weighted by Gasteiger charge is -2.14. The molecule has 1 heterocycles. The van der Waals surface area contributed by atoms with Gasteiger partial charge in [-0.15, -0.1) is 0 Å². The Morgan fingerprint density at radius 1 is 1.29 bits per heavy atom. The lowest BCUT2D eigenvalue weighted by molar-refractivity contribution is -0.136. The molecule has 0 spiro atoms. The average Bonchev–Trinajstić information content (AvgIpc) is 2.82. The van der Waals surface area contributed by atoms with E-state index in [1.54, 1.807) is 6.07 Å². The van der Waals surface area contributed by atoms with Gasteiger partial charge in [0.25, 0.3) is 0 Å². The van der Waals surface area contributed by atoms with Crippen molar-refractivity contribution in [1.29, 1.82) is 5.26 Å².